The van der Waals surface area contributed by atoms with Crippen molar-refractivity contribution in [1.29, 1.82) is 0 Å². The molecule has 1 aromatic rings. The van der Waals surface area contributed by atoms with Gasteiger partial charge in [-0.1, -0.05) is 29.3 Å². The van der Waals surface area contributed by atoms with Crippen molar-refractivity contribution >= 4 is 41.5 Å². The van der Waals surface area contributed by atoms with Crippen molar-refractivity contribution in [1.82, 2.24) is 5.32 Å². The van der Waals surface area contributed by atoms with Gasteiger partial charge in [0, 0.05) is 28.5 Å². The topological polar surface area (TPSA) is 55.1 Å². The number of benzene rings is 1. The summed E-state index contributed by atoms with van der Waals surface area (Å²) in [6.07, 6.45) is 0.966. The van der Waals surface area contributed by atoms with Gasteiger partial charge in [-0.3, -0.25) is 4.79 Å². The van der Waals surface area contributed by atoms with Crippen LogP contribution in [0.5, 0.6) is 0 Å². The molecule has 0 aliphatic heterocycles. The summed E-state index contributed by atoms with van der Waals surface area (Å²) in [7, 11) is 0. The average molecular weight is 326 g/mol. The van der Waals surface area contributed by atoms with Crippen LogP contribution in [-0.2, 0) is 11.2 Å². The Hall–Kier alpha value is -0.480. The van der Waals surface area contributed by atoms with Crippen LogP contribution in [0.4, 0.5) is 0 Å². The second kappa shape index (κ2) is 7.95. The Balaban J connectivity index is 0.00000324. The van der Waals surface area contributed by atoms with Crippen LogP contribution < -0.4 is 11.1 Å². The molecule has 1 amide bonds. The fraction of sp³-hybridized carbons (Fsp3) is 0.462. The van der Waals surface area contributed by atoms with E-state index >= 15 is 0 Å². The standard InChI is InChI=1S/C13H18Cl2N2O.ClH/c1-13(2,8-16)17-12(18)6-4-9-3-5-10(14)7-11(9)15;/h3,5,7H,4,6,8,16H2,1-2H3,(H,17,18);1H. The van der Waals surface area contributed by atoms with E-state index in [9.17, 15) is 4.79 Å². The Morgan fingerprint density at radius 3 is 2.53 bits per heavy atom. The maximum atomic E-state index is 11.7. The van der Waals surface area contributed by atoms with E-state index in [1.54, 1.807) is 12.1 Å². The molecule has 1 rings (SSSR count). The molecule has 0 saturated heterocycles. The second-order valence-electron chi connectivity index (χ2n) is 4.87. The SMILES string of the molecule is CC(C)(CN)NC(=O)CCc1ccc(Cl)cc1Cl.Cl. The van der Waals surface area contributed by atoms with Gasteiger partial charge in [0.1, 0.15) is 0 Å². The number of rotatable bonds is 5. The molecular weight excluding hydrogens is 307 g/mol. The Morgan fingerprint density at radius 1 is 1.37 bits per heavy atom. The van der Waals surface area contributed by atoms with E-state index in [4.69, 9.17) is 28.9 Å². The molecule has 0 spiro atoms. The van der Waals surface area contributed by atoms with E-state index in [1.807, 2.05) is 19.9 Å². The van der Waals surface area contributed by atoms with Gasteiger partial charge >= 0.3 is 0 Å². The van der Waals surface area contributed by atoms with Crippen molar-refractivity contribution < 1.29 is 4.79 Å². The van der Waals surface area contributed by atoms with Crippen molar-refractivity contribution in [3.05, 3.63) is 33.8 Å². The minimum Gasteiger partial charge on any atom is -0.350 e. The summed E-state index contributed by atoms with van der Waals surface area (Å²) in [6, 6.07) is 5.29. The lowest BCUT2D eigenvalue weighted by Gasteiger charge is -2.24. The van der Waals surface area contributed by atoms with E-state index in [2.05, 4.69) is 5.32 Å². The van der Waals surface area contributed by atoms with E-state index < -0.39 is 0 Å². The summed E-state index contributed by atoms with van der Waals surface area (Å²) < 4.78 is 0. The number of amides is 1. The van der Waals surface area contributed by atoms with Gasteiger partial charge in [-0.15, -0.1) is 12.4 Å². The van der Waals surface area contributed by atoms with Gasteiger partial charge in [0.05, 0.1) is 0 Å². The van der Waals surface area contributed by atoms with Crippen molar-refractivity contribution in [3.8, 4) is 0 Å². The highest BCUT2D eigenvalue weighted by molar-refractivity contribution is 6.35. The first-order valence-corrected chi connectivity index (χ1v) is 6.54. The molecule has 0 saturated carbocycles. The average Bonchev–Trinajstić information content (AvgIpc) is 2.27. The first kappa shape index (κ1) is 18.5. The molecule has 0 atom stereocenters. The van der Waals surface area contributed by atoms with Crippen LogP contribution in [0.1, 0.15) is 25.8 Å². The van der Waals surface area contributed by atoms with Crippen LogP contribution in [0.15, 0.2) is 18.2 Å². The first-order chi connectivity index (χ1) is 8.34. The van der Waals surface area contributed by atoms with Crippen LogP contribution in [0.3, 0.4) is 0 Å². The monoisotopic (exact) mass is 324 g/mol. The highest BCUT2D eigenvalue weighted by Crippen LogP contribution is 2.22. The van der Waals surface area contributed by atoms with Crippen LogP contribution in [-0.4, -0.2) is 18.0 Å². The van der Waals surface area contributed by atoms with Crippen LogP contribution in [0.25, 0.3) is 0 Å². The first-order valence-electron chi connectivity index (χ1n) is 5.79. The minimum absolute atomic E-state index is 0. The minimum atomic E-state index is -0.374. The van der Waals surface area contributed by atoms with Crippen LogP contribution >= 0.6 is 35.6 Å². The predicted octanol–water partition coefficient (Wildman–Crippen LogP) is 3.20. The highest BCUT2D eigenvalue weighted by atomic mass is 35.5. The molecule has 0 aliphatic carbocycles. The Kier molecular flexibility index (Phi) is 7.75. The summed E-state index contributed by atoms with van der Waals surface area (Å²) in [5, 5.41) is 4.06. The molecule has 3 nitrogen and oxygen atoms in total. The van der Waals surface area contributed by atoms with Gasteiger partial charge in [0.15, 0.2) is 0 Å². The van der Waals surface area contributed by atoms with Crippen LogP contribution in [0, 0.1) is 0 Å². The fourth-order valence-corrected chi connectivity index (χ4v) is 1.97. The molecule has 108 valence electrons. The quantitative estimate of drug-likeness (QED) is 0.873. The third kappa shape index (κ3) is 6.48. The molecular formula is C13H19Cl3N2O. The summed E-state index contributed by atoms with van der Waals surface area (Å²) in [5.41, 5.74) is 6.10. The van der Waals surface area contributed by atoms with Crippen LogP contribution in [0.2, 0.25) is 10.0 Å². The Labute approximate surface area is 130 Å². The number of halogens is 3. The number of carbonyl (C=O) groups excluding carboxylic acids is 1. The molecule has 0 fully saturated rings. The molecule has 6 heteroatoms. The van der Waals surface area contributed by atoms with Gasteiger partial charge < -0.3 is 11.1 Å². The zero-order valence-corrected chi connectivity index (χ0v) is 13.3. The molecule has 0 heterocycles. The molecule has 0 aliphatic rings. The third-order valence-electron chi connectivity index (χ3n) is 2.62. The largest absolute Gasteiger partial charge is 0.350 e. The fourth-order valence-electron chi connectivity index (χ4n) is 1.46. The second-order valence-corrected chi connectivity index (χ2v) is 5.72. The van der Waals surface area contributed by atoms with E-state index in [0.717, 1.165) is 5.56 Å². The van der Waals surface area contributed by atoms with Crippen molar-refractivity contribution in [2.45, 2.75) is 32.2 Å². The zero-order valence-electron chi connectivity index (χ0n) is 11.0. The number of aryl methyl sites for hydroxylation is 1. The van der Waals surface area contributed by atoms with Crippen molar-refractivity contribution in [2.24, 2.45) is 5.73 Å². The van der Waals surface area contributed by atoms with Gasteiger partial charge in [0.2, 0.25) is 5.91 Å². The smallest absolute Gasteiger partial charge is 0.220 e. The Morgan fingerprint density at radius 2 is 2.00 bits per heavy atom. The lowest BCUT2D eigenvalue weighted by atomic mass is 10.0. The lowest BCUT2D eigenvalue weighted by molar-refractivity contribution is -0.122. The number of nitrogens with two attached hydrogens (primary N) is 1. The Bertz CT molecular complexity index is 436. The molecule has 1 aromatic carbocycles. The van der Waals surface area contributed by atoms with Gasteiger partial charge in [-0.05, 0) is 38.0 Å². The molecule has 0 bridgehead atoms. The maximum absolute atomic E-state index is 11.7. The van der Waals surface area contributed by atoms with Gasteiger partial charge in [-0.2, -0.15) is 0 Å². The number of hydrogen-bond acceptors (Lipinski definition) is 2. The third-order valence-corrected chi connectivity index (χ3v) is 3.21. The summed E-state index contributed by atoms with van der Waals surface area (Å²) >= 11 is 11.8. The highest BCUT2D eigenvalue weighted by Gasteiger charge is 2.18. The van der Waals surface area contributed by atoms with Crippen molar-refractivity contribution in [2.75, 3.05) is 6.54 Å². The molecule has 0 unspecified atom stereocenters. The van der Waals surface area contributed by atoms with Gasteiger partial charge in [-0.25, -0.2) is 0 Å². The summed E-state index contributed by atoms with van der Waals surface area (Å²) in [5.74, 6) is -0.0310. The molecule has 0 radical (unpaired) electrons. The zero-order chi connectivity index (χ0) is 13.8. The summed E-state index contributed by atoms with van der Waals surface area (Å²) in [4.78, 5) is 11.7. The summed E-state index contributed by atoms with van der Waals surface area (Å²) in [6.45, 7) is 4.18. The number of hydrogen-bond donors (Lipinski definition) is 2. The van der Waals surface area contributed by atoms with E-state index in [-0.39, 0.29) is 23.9 Å². The molecule has 19 heavy (non-hydrogen) atoms. The molecule has 3 N–H and O–H groups in total. The maximum Gasteiger partial charge on any atom is 0.220 e. The van der Waals surface area contributed by atoms with Crippen molar-refractivity contribution in [3.63, 3.8) is 0 Å². The lowest BCUT2D eigenvalue weighted by Crippen LogP contribution is -2.48. The van der Waals surface area contributed by atoms with E-state index in [1.165, 1.54) is 0 Å². The van der Waals surface area contributed by atoms with Gasteiger partial charge in [0.25, 0.3) is 0 Å². The molecule has 0 aromatic heterocycles. The normalized spacial score (nSPS) is 10.8. The number of nitrogens with one attached hydrogen (secondary N) is 1. The number of carbonyl (C=O) groups is 1. The predicted molar refractivity (Wildman–Crippen MR) is 83.3 cm³/mol. The van der Waals surface area contributed by atoms with E-state index in [0.29, 0.717) is 29.4 Å².